The van der Waals surface area contributed by atoms with E-state index in [0.29, 0.717) is 32.1 Å². The number of hydrogen-bond acceptors (Lipinski definition) is 3. The fraction of sp³-hybridized carbons (Fsp3) is 0.765. The standard InChI is InChI=1S/C17H29N3O3/c1-17(2,3)23-16(22)20-12-10-19(11-13-20)15(21)18-9-8-14-6-4-5-7-14/h8-9,14H,4-7,10-13H2,1-3H3,(H,18,21)/b9-8+. The number of rotatable bonds is 2. The van der Waals surface area contributed by atoms with Crippen molar-refractivity contribution in [1.82, 2.24) is 15.1 Å². The molecular weight excluding hydrogens is 294 g/mol. The normalized spacial score (nSPS) is 20.1. The van der Waals surface area contributed by atoms with Crippen molar-refractivity contribution in [3.63, 3.8) is 0 Å². The van der Waals surface area contributed by atoms with E-state index in [1.54, 1.807) is 16.0 Å². The van der Waals surface area contributed by atoms with Gasteiger partial charge in [0.1, 0.15) is 5.60 Å². The Bertz CT molecular complexity index is 442. The molecule has 0 aromatic rings. The summed E-state index contributed by atoms with van der Waals surface area (Å²) in [5.74, 6) is 0.610. The summed E-state index contributed by atoms with van der Waals surface area (Å²) in [6.45, 7) is 7.63. The lowest BCUT2D eigenvalue weighted by Gasteiger charge is -2.35. The lowest BCUT2D eigenvalue weighted by Crippen LogP contribution is -2.53. The Balaban J connectivity index is 1.71. The molecule has 1 aliphatic carbocycles. The van der Waals surface area contributed by atoms with Gasteiger partial charge in [-0.25, -0.2) is 9.59 Å². The number of nitrogens with zero attached hydrogens (tertiary/aromatic N) is 2. The van der Waals surface area contributed by atoms with E-state index < -0.39 is 5.60 Å². The van der Waals surface area contributed by atoms with Crippen LogP contribution in [-0.4, -0.2) is 53.7 Å². The van der Waals surface area contributed by atoms with Crippen LogP contribution in [0.2, 0.25) is 0 Å². The van der Waals surface area contributed by atoms with Crippen LogP contribution in [-0.2, 0) is 4.74 Å². The molecule has 0 bridgehead atoms. The predicted molar refractivity (Wildman–Crippen MR) is 89.0 cm³/mol. The third kappa shape index (κ3) is 5.77. The molecule has 0 unspecified atom stereocenters. The maximum absolute atomic E-state index is 12.1. The summed E-state index contributed by atoms with van der Waals surface area (Å²) in [6, 6.07) is -0.0944. The molecule has 0 radical (unpaired) electrons. The molecule has 6 heteroatoms. The van der Waals surface area contributed by atoms with E-state index in [-0.39, 0.29) is 12.1 Å². The third-order valence-corrected chi connectivity index (χ3v) is 4.19. The van der Waals surface area contributed by atoms with Crippen LogP contribution in [0.1, 0.15) is 46.5 Å². The summed E-state index contributed by atoms with van der Waals surface area (Å²) in [5, 5.41) is 2.83. The molecule has 1 heterocycles. The first-order chi connectivity index (χ1) is 10.8. The van der Waals surface area contributed by atoms with E-state index >= 15 is 0 Å². The monoisotopic (exact) mass is 323 g/mol. The zero-order chi connectivity index (χ0) is 16.9. The molecule has 3 amide bonds. The van der Waals surface area contributed by atoms with Gasteiger partial charge in [-0.2, -0.15) is 0 Å². The zero-order valence-corrected chi connectivity index (χ0v) is 14.5. The molecule has 2 aliphatic rings. The number of carbonyl (C=O) groups is 2. The largest absolute Gasteiger partial charge is 0.444 e. The second-order valence-corrected chi connectivity index (χ2v) is 7.31. The zero-order valence-electron chi connectivity index (χ0n) is 14.5. The van der Waals surface area contributed by atoms with E-state index in [1.165, 1.54) is 25.7 Å². The molecular formula is C17H29N3O3. The van der Waals surface area contributed by atoms with Gasteiger partial charge < -0.3 is 19.9 Å². The molecule has 1 aliphatic heterocycles. The molecule has 1 N–H and O–H groups in total. The summed E-state index contributed by atoms with van der Waals surface area (Å²) in [6.07, 6.45) is 8.59. The number of urea groups is 1. The van der Waals surface area contributed by atoms with Crippen molar-refractivity contribution in [3.8, 4) is 0 Å². The molecule has 2 fully saturated rings. The van der Waals surface area contributed by atoms with E-state index in [9.17, 15) is 9.59 Å². The molecule has 1 saturated carbocycles. The lowest BCUT2D eigenvalue weighted by molar-refractivity contribution is 0.0171. The Kier molecular flexibility index (Phi) is 5.91. The highest BCUT2D eigenvalue weighted by atomic mass is 16.6. The SMILES string of the molecule is CC(C)(C)OC(=O)N1CCN(C(=O)N/C=C/C2CCCC2)CC1. The van der Waals surface area contributed by atoms with Gasteiger partial charge >= 0.3 is 12.1 Å². The van der Waals surface area contributed by atoms with Crippen molar-refractivity contribution in [3.05, 3.63) is 12.3 Å². The van der Waals surface area contributed by atoms with Gasteiger partial charge in [-0.1, -0.05) is 18.9 Å². The fourth-order valence-electron chi connectivity index (χ4n) is 2.92. The lowest BCUT2D eigenvalue weighted by atomic mass is 10.1. The molecule has 2 rings (SSSR count). The molecule has 6 nitrogen and oxygen atoms in total. The quantitative estimate of drug-likeness (QED) is 0.850. The maximum atomic E-state index is 12.1. The van der Waals surface area contributed by atoms with E-state index in [1.807, 2.05) is 20.8 Å². The summed E-state index contributed by atoms with van der Waals surface area (Å²) in [4.78, 5) is 27.5. The van der Waals surface area contributed by atoms with Gasteiger partial charge in [-0.3, -0.25) is 0 Å². The number of ether oxygens (including phenoxy) is 1. The highest BCUT2D eigenvalue weighted by Gasteiger charge is 2.27. The average molecular weight is 323 g/mol. The number of allylic oxidation sites excluding steroid dienone is 1. The first-order valence-electron chi connectivity index (χ1n) is 8.55. The van der Waals surface area contributed by atoms with Crippen molar-refractivity contribution in [2.45, 2.75) is 52.1 Å². The molecule has 0 atom stereocenters. The highest BCUT2D eigenvalue weighted by molar-refractivity contribution is 5.76. The average Bonchev–Trinajstić information content (AvgIpc) is 2.99. The number of piperazine rings is 1. The van der Waals surface area contributed by atoms with Crippen LogP contribution in [0.3, 0.4) is 0 Å². The Morgan fingerprint density at radius 2 is 1.61 bits per heavy atom. The number of hydrogen-bond donors (Lipinski definition) is 1. The third-order valence-electron chi connectivity index (χ3n) is 4.19. The second kappa shape index (κ2) is 7.70. The minimum absolute atomic E-state index is 0.0944. The fourth-order valence-corrected chi connectivity index (χ4v) is 2.92. The minimum Gasteiger partial charge on any atom is -0.444 e. The first kappa shape index (κ1) is 17.6. The molecule has 130 valence electrons. The van der Waals surface area contributed by atoms with Gasteiger partial charge in [0, 0.05) is 32.4 Å². The van der Waals surface area contributed by atoms with Crippen LogP contribution in [0.15, 0.2) is 12.3 Å². The van der Waals surface area contributed by atoms with Crippen LogP contribution in [0, 0.1) is 5.92 Å². The van der Waals surface area contributed by atoms with Crippen LogP contribution in [0.4, 0.5) is 9.59 Å². The molecule has 1 saturated heterocycles. The Labute approximate surface area is 138 Å². The topological polar surface area (TPSA) is 61.9 Å². The van der Waals surface area contributed by atoms with Gasteiger partial charge in [0.2, 0.25) is 0 Å². The summed E-state index contributed by atoms with van der Waals surface area (Å²) in [7, 11) is 0. The van der Waals surface area contributed by atoms with Crippen LogP contribution < -0.4 is 5.32 Å². The summed E-state index contributed by atoms with van der Waals surface area (Å²) >= 11 is 0. The molecule has 0 aromatic carbocycles. The number of amides is 3. The summed E-state index contributed by atoms with van der Waals surface area (Å²) < 4.78 is 5.35. The van der Waals surface area contributed by atoms with Crippen molar-refractivity contribution in [1.29, 1.82) is 0 Å². The summed E-state index contributed by atoms with van der Waals surface area (Å²) in [5.41, 5.74) is -0.489. The van der Waals surface area contributed by atoms with Crippen molar-refractivity contribution in [2.24, 2.45) is 5.92 Å². The minimum atomic E-state index is -0.489. The Morgan fingerprint density at radius 1 is 1.04 bits per heavy atom. The van der Waals surface area contributed by atoms with Crippen LogP contribution in [0.25, 0.3) is 0 Å². The van der Waals surface area contributed by atoms with Gasteiger partial charge in [-0.15, -0.1) is 0 Å². The predicted octanol–water partition coefficient (Wildman–Crippen LogP) is 2.95. The van der Waals surface area contributed by atoms with E-state index in [4.69, 9.17) is 4.74 Å². The Hall–Kier alpha value is -1.72. The van der Waals surface area contributed by atoms with E-state index in [0.717, 1.165) is 0 Å². The highest BCUT2D eigenvalue weighted by Crippen LogP contribution is 2.25. The van der Waals surface area contributed by atoms with Gasteiger partial charge in [-0.05, 0) is 39.5 Å². The van der Waals surface area contributed by atoms with E-state index in [2.05, 4.69) is 11.4 Å². The van der Waals surface area contributed by atoms with Crippen molar-refractivity contribution >= 4 is 12.1 Å². The van der Waals surface area contributed by atoms with Crippen LogP contribution >= 0.6 is 0 Å². The van der Waals surface area contributed by atoms with Gasteiger partial charge in [0.15, 0.2) is 0 Å². The van der Waals surface area contributed by atoms with Crippen molar-refractivity contribution in [2.75, 3.05) is 26.2 Å². The maximum Gasteiger partial charge on any atom is 0.410 e. The second-order valence-electron chi connectivity index (χ2n) is 7.31. The van der Waals surface area contributed by atoms with Gasteiger partial charge in [0.05, 0.1) is 0 Å². The molecule has 0 aromatic heterocycles. The van der Waals surface area contributed by atoms with Crippen molar-refractivity contribution < 1.29 is 14.3 Å². The number of carbonyl (C=O) groups excluding carboxylic acids is 2. The first-order valence-corrected chi connectivity index (χ1v) is 8.55. The smallest absolute Gasteiger partial charge is 0.410 e. The molecule has 0 spiro atoms. The van der Waals surface area contributed by atoms with Gasteiger partial charge in [0.25, 0.3) is 0 Å². The Morgan fingerprint density at radius 3 is 2.17 bits per heavy atom. The number of nitrogens with one attached hydrogen (secondary N) is 1. The molecule has 23 heavy (non-hydrogen) atoms. The van der Waals surface area contributed by atoms with Crippen LogP contribution in [0.5, 0.6) is 0 Å².